The Labute approximate surface area is 155 Å². The summed E-state index contributed by atoms with van der Waals surface area (Å²) in [4.78, 5) is 17.9. The SMILES string of the molecule is Cc1cc(Cn2nc(C(F)(F)F)nc2-c2ccc(Cl)cn2)ccc1[N+](=O)[O-]. The molecule has 1 aromatic carbocycles. The normalized spacial score (nSPS) is 11.6. The standard InChI is InChI=1S/C16H11ClF3N5O2/c1-9-6-10(2-5-13(9)25(26)27)8-24-14(12-4-3-11(17)7-21-12)22-15(23-24)16(18,19)20/h2-7H,8H2,1H3. The zero-order valence-corrected chi connectivity index (χ0v) is 14.5. The first-order valence-corrected chi connectivity index (χ1v) is 7.91. The number of alkyl halides is 3. The maximum Gasteiger partial charge on any atom is 0.453 e. The van der Waals surface area contributed by atoms with Crippen molar-refractivity contribution in [2.75, 3.05) is 0 Å². The number of halogens is 4. The summed E-state index contributed by atoms with van der Waals surface area (Å²) in [6, 6.07) is 7.19. The predicted molar refractivity (Wildman–Crippen MR) is 90.2 cm³/mol. The van der Waals surface area contributed by atoms with E-state index in [9.17, 15) is 23.3 Å². The van der Waals surface area contributed by atoms with E-state index >= 15 is 0 Å². The van der Waals surface area contributed by atoms with E-state index in [1.165, 1.54) is 36.5 Å². The van der Waals surface area contributed by atoms with Crippen LogP contribution in [0.4, 0.5) is 18.9 Å². The van der Waals surface area contributed by atoms with Crippen molar-refractivity contribution in [1.29, 1.82) is 0 Å². The highest BCUT2D eigenvalue weighted by Crippen LogP contribution is 2.29. The fraction of sp³-hybridized carbons (Fsp3) is 0.188. The van der Waals surface area contributed by atoms with Crippen molar-refractivity contribution in [1.82, 2.24) is 19.7 Å². The Morgan fingerprint density at radius 2 is 2.00 bits per heavy atom. The van der Waals surface area contributed by atoms with Crippen LogP contribution >= 0.6 is 11.6 Å². The first-order chi connectivity index (χ1) is 12.6. The van der Waals surface area contributed by atoms with Crippen molar-refractivity contribution in [3.63, 3.8) is 0 Å². The van der Waals surface area contributed by atoms with Crippen LogP contribution < -0.4 is 0 Å². The van der Waals surface area contributed by atoms with Gasteiger partial charge in [-0.2, -0.15) is 13.2 Å². The minimum absolute atomic E-state index is 0.0679. The molecule has 140 valence electrons. The molecule has 3 rings (SSSR count). The van der Waals surface area contributed by atoms with Crippen molar-refractivity contribution in [2.24, 2.45) is 0 Å². The number of aryl methyl sites for hydroxylation is 1. The second-order valence-electron chi connectivity index (χ2n) is 5.65. The third kappa shape index (κ3) is 4.05. The van der Waals surface area contributed by atoms with Crippen LogP contribution in [0.2, 0.25) is 5.02 Å². The molecule has 2 heterocycles. The molecule has 0 amide bonds. The Balaban J connectivity index is 2.03. The van der Waals surface area contributed by atoms with Crippen LogP contribution in [0.25, 0.3) is 11.5 Å². The van der Waals surface area contributed by atoms with Gasteiger partial charge in [-0.3, -0.25) is 15.1 Å². The van der Waals surface area contributed by atoms with Crippen molar-refractivity contribution >= 4 is 17.3 Å². The quantitative estimate of drug-likeness (QED) is 0.484. The molecule has 0 aliphatic rings. The van der Waals surface area contributed by atoms with Crippen molar-refractivity contribution in [3.8, 4) is 11.5 Å². The molecule has 7 nitrogen and oxygen atoms in total. The zero-order chi connectivity index (χ0) is 19.8. The van der Waals surface area contributed by atoms with Gasteiger partial charge in [0, 0.05) is 17.8 Å². The molecule has 27 heavy (non-hydrogen) atoms. The van der Waals surface area contributed by atoms with Gasteiger partial charge in [0.2, 0.25) is 0 Å². The van der Waals surface area contributed by atoms with Crippen LogP contribution in [0.5, 0.6) is 0 Å². The van der Waals surface area contributed by atoms with Gasteiger partial charge in [-0.1, -0.05) is 17.7 Å². The number of aromatic nitrogens is 4. The molecule has 11 heteroatoms. The molecule has 0 unspecified atom stereocenters. The van der Waals surface area contributed by atoms with Crippen LogP contribution in [-0.2, 0) is 12.7 Å². The van der Waals surface area contributed by atoms with Crippen LogP contribution in [0.1, 0.15) is 17.0 Å². The van der Waals surface area contributed by atoms with Gasteiger partial charge in [0.15, 0.2) is 5.82 Å². The van der Waals surface area contributed by atoms with Crippen LogP contribution in [0, 0.1) is 17.0 Å². The summed E-state index contributed by atoms with van der Waals surface area (Å²) in [5.41, 5.74) is 1.01. The molecular formula is C16H11ClF3N5O2. The van der Waals surface area contributed by atoms with E-state index in [2.05, 4.69) is 15.1 Å². The van der Waals surface area contributed by atoms with E-state index in [1.807, 2.05) is 0 Å². The minimum Gasteiger partial charge on any atom is -0.258 e. The van der Waals surface area contributed by atoms with Gasteiger partial charge >= 0.3 is 6.18 Å². The maximum absolute atomic E-state index is 13.1. The Kier molecular flexibility index (Phi) is 4.83. The first-order valence-electron chi connectivity index (χ1n) is 7.53. The van der Waals surface area contributed by atoms with Crippen molar-refractivity contribution < 1.29 is 18.1 Å². The number of rotatable bonds is 4. The molecule has 0 saturated heterocycles. The van der Waals surface area contributed by atoms with Gasteiger partial charge < -0.3 is 0 Å². The smallest absolute Gasteiger partial charge is 0.258 e. The number of pyridine rings is 1. The summed E-state index contributed by atoms with van der Waals surface area (Å²) < 4.78 is 40.2. The Bertz CT molecular complexity index is 1000. The highest BCUT2D eigenvalue weighted by atomic mass is 35.5. The lowest BCUT2D eigenvalue weighted by atomic mass is 10.1. The number of benzene rings is 1. The average molecular weight is 398 g/mol. The molecule has 0 N–H and O–H groups in total. The first kappa shape index (κ1) is 18.8. The lowest BCUT2D eigenvalue weighted by Crippen LogP contribution is -2.10. The monoisotopic (exact) mass is 397 g/mol. The summed E-state index contributed by atoms with van der Waals surface area (Å²) in [5.74, 6) is -1.39. The molecule has 2 aromatic heterocycles. The van der Waals surface area contributed by atoms with Crippen LogP contribution in [0.15, 0.2) is 36.5 Å². The number of hydrogen-bond acceptors (Lipinski definition) is 5. The summed E-state index contributed by atoms with van der Waals surface area (Å²) in [7, 11) is 0. The molecule has 0 aliphatic heterocycles. The number of hydrogen-bond donors (Lipinski definition) is 0. The zero-order valence-electron chi connectivity index (χ0n) is 13.7. The lowest BCUT2D eigenvalue weighted by Gasteiger charge is -2.07. The Hall–Kier alpha value is -3.01. The fourth-order valence-corrected chi connectivity index (χ4v) is 2.58. The van der Waals surface area contributed by atoms with Gasteiger partial charge in [0.05, 0.1) is 16.5 Å². The van der Waals surface area contributed by atoms with Crippen molar-refractivity contribution in [3.05, 3.63) is 68.6 Å². The van der Waals surface area contributed by atoms with Crippen LogP contribution in [0.3, 0.4) is 0 Å². The minimum atomic E-state index is -4.72. The second-order valence-corrected chi connectivity index (χ2v) is 6.09. The van der Waals surface area contributed by atoms with E-state index in [-0.39, 0.29) is 23.8 Å². The second kappa shape index (κ2) is 6.95. The summed E-state index contributed by atoms with van der Waals surface area (Å²) in [5, 5.41) is 14.8. The molecule has 0 fully saturated rings. The van der Waals surface area contributed by atoms with Crippen molar-refractivity contribution in [2.45, 2.75) is 19.6 Å². The van der Waals surface area contributed by atoms with Crippen LogP contribution in [-0.4, -0.2) is 24.7 Å². The molecule has 0 radical (unpaired) electrons. The Morgan fingerprint density at radius 1 is 1.26 bits per heavy atom. The third-order valence-corrected chi connectivity index (χ3v) is 3.90. The van der Waals surface area contributed by atoms with E-state index in [1.54, 1.807) is 6.92 Å². The summed E-state index contributed by atoms with van der Waals surface area (Å²) in [6.07, 6.45) is -3.43. The molecule has 3 aromatic rings. The van der Waals surface area contributed by atoms with E-state index in [4.69, 9.17) is 11.6 Å². The fourth-order valence-electron chi connectivity index (χ4n) is 2.46. The number of nitrogens with zero attached hydrogens (tertiary/aromatic N) is 5. The summed E-state index contributed by atoms with van der Waals surface area (Å²) in [6.45, 7) is 1.48. The molecular weight excluding hydrogens is 387 g/mol. The van der Waals surface area contributed by atoms with E-state index in [0.717, 1.165) is 4.68 Å². The van der Waals surface area contributed by atoms with Gasteiger partial charge in [0.25, 0.3) is 11.5 Å². The van der Waals surface area contributed by atoms with Gasteiger partial charge in [0.1, 0.15) is 5.69 Å². The Morgan fingerprint density at radius 3 is 2.56 bits per heavy atom. The van der Waals surface area contributed by atoms with E-state index in [0.29, 0.717) is 16.1 Å². The molecule has 0 saturated carbocycles. The number of nitro benzene ring substituents is 1. The number of nitro groups is 1. The molecule has 0 spiro atoms. The van der Waals surface area contributed by atoms with Gasteiger partial charge in [-0.05, 0) is 30.7 Å². The lowest BCUT2D eigenvalue weighted by molar-refractivity contribution is -0.385. The highest BCUT2D eigenvalue weighted by Gasteiger charge is 2.37. The van der Waals surface area contributed by atoms with Gasteiger partial charge in [-0.25, -0.2) is 9.67 Å². The largest absolute Gasteiger partial charge is 0.453 e. The molecule has 0 bridgehead atoms. The molecule has 0 aliphatic carbocycles. The predicted octanol–water partition coefficient (Wildman–Crippen LogP) is 4.28. The summed E-state index contributed by atoms with van der Waals surface area (Å²) >= 11 is 5.76. The van der Waals surface area contributed by atoms with Gasteiger partial charge in [-0.15, -0.1) is 5.10 Å². The highest BCUT2D eigenvalue weighted by molar-refractivity contribution is 6.30. The molecule has 0 atom stereocenters. The third-order valence-electron chi connectivity index (χ3n) is 3.67. The van der Waals surface area contributed by atoms with E-state index < -0.39 is 16.9 Å². The average Bonchev–Trinajstić information content (AvgIpc) is 2.99. The topological polar surface area (TPSA) is 86.7 Å². The maximum atomic E-state index is 13.1.